The highest BCUT2D eigenvalue weighted by Crippen LogP contribution is 2.21. The van der Waals surface area contributed by atoms with Crippen molar-refractivity contribution in [3.8, 4) is 0 Å². The summed E-state index contributed by atoms with van der Waals surface area (Å²) in [5, 5.41) is 11.7. The molecule has 0 spiro atoms. The first kappa shape index (κ1) is 20.8. The monoisotopic (exact) mass is 470 g/mol. The number of aromatic nitrogens is 3. The molecule has 1 unspecified atom stereocenters. The van der Waals surface area contributed by atoms with Crippen LogP contribution in [0.25, 0.3) is 0 Å². The summed E-state index contributed by atoms with van der Waals surface area (Å²) >= 11 is 0. The lowest BCUT2D eigenvalue weighted by atomic mass is 9.94. The van der Waals surface area contributed by atoms with Crippen LogP contribution < -0.4 is 10.6 Å². The van der Waals surface area contributed by atoms with E-state index in [2.05, 4.69) is 72.2 Å². The van der Waals surface area contributed by atoms with E-state index in [4.69, 9.17) is 10.1 Å². The molecule has 2 heterocycles. The molecule has 1 aliphatic rings. The standard InChI is InChI=1S/C19H30N6.HI/c1-5-20-19(21-12-17-7-6-10-24(17)4)22-16-9-8-15-13-25(14(2)3)23-18(15)11-16;/h6-7,10,13-14,16H,5,8-9,11-12H2,1-4H3,(H2,20,21,22);1H. The summed E-state index contributed by atoms with van der Waals surface area (Å²) in [6, 6.07) is 4.97. The van der Waals surface area contributed by atoms with Crippen molar-refractivity contribution in [1.82, 2.24) is 25.0 Å². The van der Waals surface area contributed by atoms with Crippen molar-refractivity contribution in [2.24, 2.45) is 12.0 Å². The fraction of sp³-hybridized carbons (Fsp3) is 0.579. The molecule has 0 radical (unpaired) electrons. The minimum Gasteiger partial charge on any atom is -0.357 e. The molecule has 2 aromatic rings. The summed E-state index contributed by atoms with van der Waals surface area (Å²) in [5.41, 5.74) is 3.84. The van der Waals surface area contributed by atoms with Gasteiger partial charge in [-0.3, -0.25) is 4.68 Å². The van der Waals surface area contributed by atoms with Crippen molar-refractivity contribution in [3.05, 3.63) is 41.5 Å². The second-order valence-electron chi connectivity index (χ2n) is 7.06. The third-order valence-electron chi connectivity index (χ3n) is 4.76. The number of aryl methyl sites for hydroxylation is 2. The van der Waals surface area contributed by atoms with Gasteiger partial charge in [0.25, 0.3) is 0 Å². The van der Waals surface area contributed by atoms with E-state index in [9.17, 15) is 0 Å². The lowest BCUT2D eigenvalue weighted by Gasteiger charge is -2.24. The molecule has 0 bridgehead atoms. The maximum absolute atomic E-state index is 4.77. The highest BCUT2D eigenvalue weighted by molar-refractivity contribution is 14.0. The zero-order valence-corrected chi connectivity index (χ0v) is 18.5. The molecule has 144 valence electrons. The molecule has 26 heavy (non-hydrogen) atoms. The van der Waals surface area contributed by atoms with Crippen LogP contribution in [0.5, 0.6) is 0 Å². The van der Waals surface area contributed by atoms with Gasteiger partial charge in [-0.1, -0.05) is 0 Å². The van der Waals surface area contributed by atoms with Crippen LogP contribution >= 0.6 is 24.0 Å². The van der Waals surface area contributed by atoms with Crippen LogP contribution in [-0.4, -0.2) is 32.9 Å². The quantitative estimate of drug-likeness (QED) is 0.401. The van der Waals surface area contributed by atoms with Crippen LogP contribution in [0.1, 0.15) is 50.2 Å². The number of fused-ring (bicyclic) bond motifs is 1. The predicted molar refractivity (Wildman–Crippen MR) is 117 cm³/mol. The molecule has 0 aliphatic heterocycles. The predicted octanol–water partition coefficient (Wildman–Crippen LogP) is 3.03. The van der Waals surface area contributed by atoms with E-state index in [0.29, 0.717) is 18.6 Å². The summed E-state index contributed by atoms with van der Waals surface area (Å²) in [7, 11) is 2.05. The first-order chi connectivity index (χ1) is 12.1. The van der Waals surface area contributed by atoms with E-state index in [1.54, 1.807) is 0 Å². The van der Waals surface area contributed by atoms with Crippen molar-refractivity contribution < 1.29 is 0 Å². The van der Waals surface area contributed by atoms with Crippen molar-refractivity contribution in [2.75, 3.05) is 6.54 Å². The van der Waals surface area contributed by atoms with Crippen LogP contribution in [0.2, 0.25) is 0 Å². The number of halogens is 1. The Balaban J connectivity index is 0.00000243. The maximum atomic E-state index is 4.77. The number of hydrogen-bond acceptors (Lipinski definition) is 2. The average Bonchev–Trinajstić information content (AvgIpc) is 3.18. The van der Waals surface area contributed by atoms with E-state index in [-0.39, 0.29) is 24.0 Å². The Hall–Kier alpha value is -1.51. The third-order valence-corrected chi connectivity index (χ3v) is 4.76. The van der Waals surface area contributed by atoms with Gasteiger partial charge in [-0.25, -0.2) is 4.99 Å². The number of nitrogens with zero attached hydrogens (tertiary/aromatic N) is 4. The van der Waals surface area contributed by atoms with E-state index in [1.807, 2.05) is 0 Å². The Kier molecular flexibility index (Phi) is 7.55. The minimum atomic E-state index is 0. The Bertz CT molecular complexity index is 730. The highest BCUT2D eigenvalue weighted by Gasteiger charge is 2.23. The summed E-state index contributed by atoms with van der Waals surface area (Å²) in [4.78, 5) is 4.75. The molecule has 2 N–H and O–H groups in total. The summed E-state index contributed by atoms with van der Waals surface area (Å²) < 4.78 is 4.19. The van der Waals surface area contributed by atoms with Gasteiger partial charge < -0.3 is 15.2 Å². The van der Waals surface area contributed by atoms with Crippen LogP contribution in [0.15, 0.2) is 29.5 Å². The molecule has 0 saturated heterocycles. The van der Waals surface area contributed by atoms with Gasteiger partial charge in [0.05, 0.1) is 12.2 Å². The second-order valence-corrected chi connectivity index (χ2v) is 7.06. The number of guanidine groups is 1. The first-order valence-corrected chi connectivity index (χ1v) is 9.28. The Morgan fingerprint density at radius 1 is 1.42 bits per heavy atom. The zero-order valence-electron chi connectivity index (χ0n) is 16.2. The second kappa shape index (κ2) is 9.43. The molecular weight excluding hydrogens is 439 g/mol. The van der Waals surface area contributed by atoms with Crippen LogP contribution in [-0.2, 0) is 26.4 Å². The fourth-order valence-electron chi connectivity index (χ4n) is 3.23. The summed E-state index contributed by atoms with van der Waals surface area (Å²) in [6.45, 7) is 7.99. The summed E-state index contributed by atoms with van der Waals surface area (Å²) in [5.74, 6) is 0.889. The van der Waals surface area contributed by atoms with Crippen molar-refractivity contribution in [3.63, 3.8) is 0 Å². The number of aliphatic imine (C=N–C) groups is 1. The molecule has 7 heteroatoms. The number of rotatable bonds is 5. The average molecular weight is 470 g/mol. The third kappa shape index (κ3) is 5.02. The zero-order chi connectivity index (χ0) is 17.8. The molecule has 2 aromatic heterocycles. The topological polar surface area (TPSA) is 59.2 Å². The van der Waals surface area contributed by atoms with Gasteiger partial charge in [-0.15, -0.1) is 24.0 Å². The van der Waals surface area contributed by atoms with Gasteiger partial charge in [0.15, 0.2) is 5.96 Å². The van der Waals surface area contributed by atoms with Gasteiger partial charge >= 0.3 is 0 Å². The van der Waals surface area contributed by atoms with E-state index >= 15 is 0 Å². The van der Waals surface area contributed by atoms with Crippen molar-refractivity contribution in [2.45, 2.75) is 58.7 Å². The van der Waals surface area contributed by atoms with Gasteiger partial charge in [0.2, 0.25) is 0 Å². The SMILES string of the molecule is CCNC(=NCc1cccn1C)NC1CCc2cn(C(C)C)nc2C1.I. The Morgan fingerprint density at radius 3 is 2.88 bits per heavy atom. The van der Waals surface area contributed by atoms with Crippen LogP contribution in [0.4, 0.5) is 0 Å². The van der Waals surface area contributed by atoms with E-state index in [1.165, 1.54) is 17.0 Å². The molecule has 0 saturated carbocycles. The van der Waals surface area contributed by atoms with Gasteiger partial charge in [0.1, 0.15) is 0 Å². The maximum Gasteiger partial charge on any atom is 0.191 e. The number of hydrogen-bond donors (Lipinski definition) is 2. The molecule has 3 rings (SSSR count). The minimum absolute atomic E-state index is 0. The van der Waals surface area contributed by atoms with Crippen LogP contribution in [0, 0.1) is 0 Å². The molecule has 0 fully saturated rings. The van der Waals surface area contributed by atoms with E-state index < -0.39 is 0 Å². The number of nitrogens with one attached hydrogen (secondary N) is 2. The summed E-state index contributed by atoms with van der Waals surface area (Å²) in [6.07, 6.45) is 7.43. The smallest absolute Gasteiger partial charge is 0.191 e. The fourth-order valence-corrected chi connectivity index (χ4v) is 3.23. The lowest BCUT2D eigenvalue weighted by molar-refractivity contribution is 0.499. The molecule has 6 nitrogen and oxygen atoms in total. The van der Waals surface area contributed by atoms with Gasteiger partial charge in [-0.05, 0) is 51.3 Å². The normalized spacial score (nSPS) is 17.0. The van der Waals surface area contributed by atoms with Crippen molar-refractivity contribution in [1.29, 1.82) is 0 Å². The van der Waals surface area contributed by atoms with E-state index in [0.717, 1.165) is 31.8 Å². The Labute approximate surface area is 173 Å². The molecule has 1 aliphatic carbocycles. The van der Waals surface area contributed by atoms with Gasteiger partial charge in [-0.2, -0.15) is 5.10 Å². The molecule has 0 amide bonds. The molecular formula is C19H31IN6. The largest absolute Gasteiger partial charge is 0.357 e. The Morgan fingerprint density at radius 2 is 2.23 bits per heavy atom. The van der Waals surface area contributed by atoms with Crippen LogP contribution in [0.3, 0.4) is 0 Å². The first-order valence-electron chi connectivity index (χ1n) is 9.28. The molecule has 1 atom stereocenters. The van der Waals surface area contributed by atoms with Gasteiger partial charge in [0, 0.05) is 50.2 Å². The van der Waals surface area contributed by atoms with Crippen molar-refractivity contribution >= 4 is 29.9 Å². The molecule has 0 aromatic carbocycles. The lowest BCUT2D eigenvalue weighted by Crippen LogP contribution is -2.45. The highest BCUT2D eigenvalue weighted by atomic mass is 127.